The van der Waals surface area contributed by atoms with Crippen LogP contribution in [0.5, 0.6) is 0 Å². The molecule has 7 heteroatoms. The van der Waals surface area contributed by atoms with Crippen LogP contribution in [-0.4, -0.2) is 52.4 Å². The summed E-state index contributed by atoms with van der Waals surface area (Å²) in [6, 6.07) is 0. The SMILES string of the molecule is C[C@H](CCCS(=O)(=O)O)[C@H]1CC[C@H]2[C@@H]3[C@H](O)C[C@@H]4C[C@H](O)CC[C@]4(C)[C@H]3C[C@H](O)[C@]12C. The number of hydrogen-bond acceptors (Lipinski definition) is 5. The van der Waals surface area contributed by atoms with Crippen molar-refractivity contribution in [2.75, 3.05) is 5.75 Å². The molecule has 4 rings (SSSR count). The summed E-state index contributed by atoms with van der Waals surface area (Å²) in [5, 5.41) is 33.0. The first-order chi connectivity index (χ1) is 14.4. The highest BCUT2D eigenvalue weighted by atomic mass is 32.2. The first-order valence-electron chi connectivity index (χ1n) is 12.4. The van der Waals surface area contributed by atoms with Gasteiger partial charge in [0.05, 0.1) is 24.1 Å². The third kappa shape index (κ3) is 4.01. The molecule has 4 aliphatic rings. The van der Waals surface area contributed by atoms with Gasteiger partial charge in [0, 0.05) is 0 Å². The van der Waals surface area contributed by atoms with E-state index in [1.54, 1.807) is 0 Å². The minimum absolute atomic E-state index is 0.0740. The lowest BCUT2D eigenvalue weighted by atomic mass is 9.43. The molecular weight excluding hydrogens is 416 g/mol. The maximum absolute atomic E-state index is 11.5. The van der Waals surface area contributed by atoms with Gasteiger partial charge in [-0.3, -0.25) is 4.55 Å². The normalized spacial score (nSPS) is 50.9. The van der Waals surface area contributed by atoms with E-state index in [0.717, 1.165) is 38.5 Å². The Morgan fingerprint density at radius 2 is 1.71 bits per heavy atom. The van der Waals surface area contributed by atoms with Gasteiger partial charge in [0.15, 0.2) is 0 Å². The molecule has 0 aromatic carbocycles. The average Bonchev–Trinajstić information content (AvgIpc) is 3.01. The highest BCUT2D eigenvalue weighted by Gasteiger charge is 2.65. The summed E-state index contributed by atoms with van der Waals surface area (Å²) in [4.78, 5) is 0. The number of fused-ring (bicyclic) bond motifs is 5. The number of aliphatic hydroxyl groups excluding tert-OH is 3. The van der Waals surface area contributed by atoms with Gasteiger partial charge < -0.3 is 15.3 Å². The van der Waals surface area contributed by atoms with E-state index in [-0.39, 0.29) is 52.5 Å². The lowest BCUT2D eigenvalue weighted by Crippen LogP contribution is -2.62. The predicted octanol–water partition coefficient (Wildman–Crippen LogP) is 3.25. The zero-order chi connectivity index (χ0) is 22.8. The van der Waals surface area contributed by atoms with Crippen LogP contribution >= 0.6 is 0 Å². The van der Waals surface area contributed by atoms with Gasteiger partial charge in [-0.05, 0) is 104 Å². The van der Waals surface area contributed by atoms with Crippen LogP contribution in [0, 0.1) is 46.3 Å². The smallest absolute Gasteiger partial charge is 0.264 e. The second-order valence-electron chi connectivity index (χ2n) is 11.9. The van der Waals surface area contributed by atoms with Crippen LogP contribution in [-0.2, 0) is 10.1 Å². The van der Waals surface area contributed by atoms with E-state index in [2.05, 4.69) is 20.8 Å². The van der Waals surface area contributed by atoms with Crippen molar-refractivity contribution in [3.63, 3.8) is 0 Å². The van der Waals surface area contributed by atoms with Crippen molar-refractivity contribution in [3.8, 4) is 0 Å². The predicted molar refractivity (Wildman–Crippen MR) is 119 cm³/mol. The maximum atomic E-state index is 11.5. The van der Waals surface area contributed by atoms with Crippen LogP contribution in [0.2, 0.25) is 0 Å². The van der Waals surface area contributed by atoms with E-state index < -0.39 is 16.2 Å². The van der Waals surface area contributed by atoms with E-state index in [1.807, 2.05) is 0 Å². The van der Waals surface area contributed by atoms with Gasteiger partial charge in [-0.25, -0.2) is 0 Å². The van der Waals surface area contributed by atoms with Gasteiger partial charge in [-0.1, -0.05) is 20.8 Å². The fourth-order valence-corrected chi connectivity index (χ4v) is 9.45. The zero-order valence-electron chi connectivity index (χ0n) is 19.3. The van der Waals surface area contributed by atoms with Crippen molar-refractivity contribution >= 4 is 10.1 Å². The molecule has 11 atom stereocenters. The first-order valence-corrected chi connectivity index (χ1v) is 14.0. The molecule has 4 N–H and O–H groups in total. The molecule has 6 nitrogen and oxygen atoms in total. The standard InChI is InChI=1S/C24H42O6S/c1-14(5-4-10-31(28,29)30)17-6-7-18-22-19(13-21(27)24(17,18)3)23(2)9-8-16(25)11-15(23)12-20(22)26/h14-22,25-27H,4-13H2,1-3H3,(H,28,29,30)/t14-,15+,16-,17-,18+,19+,20-,21+,22+,23+,24-/m1/s1. The number of aliphatic hydroxyl groups is 3. The molecule has 0 aliphatic heterocycles. The zero-order valence-corrected chi connectivity index (χ0v) is 20.1. The fourth-order valence-electron chi connectivity index (χ4n) is 8.92. The highest BCUT2D eigenvalue weighted by molar-refractivity contribution is 7.85. The van der Waals surface area contributed by atoms with Crippen molar-refractivity contribution in [1.82, 2.24) is 0 Å². The number of rotatable bonds is 5. The van der Waals surface area contributed by atoms with Crippen molar-refractivity contribution < 1.29 is 28.3 Å². The van der Waals surface area contributed by atoms with E-state index >= 15 is 0 Å². The van der Waals surface area contributed by atoms with Crippen LogP contribution in [0.1, 0.15) is 78.6 Å². The molecule has 0 bridgehead atoms. The Labute approximate surface area is 187 Å². The molecule has 0 aromatic rings. The Morgan fingerprint density at radius 1 is 1.00 bits per heavy atom. The van der Waals surface area contributed by atoms with Crippen LogP contribution < -0.4 is 0 Å². The maximum Gasteiger partial charge on any atom is 0.264 e. The molecule has 0 heterocycles. The fraction of sp³-hybridized carbons (Fsp3) is 1.00. The molecular formula is C24H42O6S. The van der Waals surface area contributed by atoms with Crippen molar-refractivity contribution in [3.05, 3.63) is 0 Å². The summed E-state index contributed by atoms with van der Waals surface area (Å²) < 4.78 is 31.3. The molecule has 4 saturated carbocycles. The molecule has 0 radical (unpaired) electrons. The summed E-state index contributed by atoms with van der Waals surface area (Å²) in [7, 11) is -3.94. The van der Waals surface area contributed by atoms with Gasteiger partial charge in [0.25, 0.3) is 10.1 Å². The van der Waals surface area contributed by atoms with Crippen molar-refractivity contribution in [2.45, 2.75) is 96.9 Å². The molecule has 4 fully saturated rings. The van der Waals surface area contributed by atoms with E-state index in [0.29, 0.717) is 31.1 Å². The summed E-state index contributed by atoms with van der Waals surface area (Å²) in [6.07, 6.45) is 6.11. The van der Waals surface area contributed by atoms with Gasteiger partial charge in [0.1, 0.15) is 0 Å². The lowest BCUT2D eigenvalue weighted by Gasteiger charge is -2.63. The average molecular weight is 459 g/mol. The molecule has 4 aliphatic carbocycles. The summed E-state index contributed by atoms with van der Waals surface area (Å²) >= 11 is 0. The molecule has 0 spiro atoms. The Bertz CT molecular complexity index is 770. The van der Waals surface area contributed by atoms with E-state index in [4.69, 9.17) is 4.55 Å². The Morgan fingerprint density at radius 3 is 2.39 bits per heavy atom. The second kappa shape index (κ2) is 8.23. The van der Waals surface area contributed by atoms with Gasteiger partial charge in [0.2, 0.25) is 0 Å². The quantitative estimate of drug-likeness (QED) is 0.470. The minimum atomic E-state index is -3.94. The topological polar surface area (TPSA) is 115 Å². The molecule has 180 valence electrons. The highest BCUT2D eigenvalue weighted by Crippen LogP contribution is 2.68. The number of hydrogen-bond donors (Lipinski definition) is 4. The van der Waals surface area contributed by atoms with Crippen LogP contribution in [0.3, 0.4) is 0 Å². The first kappa shape index (κ1) is 23.9. The van der Waals surface area contributed by atoms with Crippen molar-refractivity contribution in [1.29, 1.82) is 0 Å². The third-order valence-corrected chi connectivity index (χ3v) is 11.4. The molecule has 0 aromatic heterocycles. The summed E-state index contributed by atoms with van der Waals surface area (Å²) in [5.74, 6) is 1.42. The molecule has 0 unspecified atom stereocenters. The van der Waals surface area contributed by atoms with Gasteiger partial charge in [-0.2, -0.15) is 8.42 Å². The Kier molecular flexibility index (Phi) is 6.35. The van der Waals surface area contributed by atoms with E-state index in [1.165, 1.54) is 0 Å². The third-order valence-electron chi connectivity index (χ3n) is 10.6. The minimum Gasteiger partial charge on any atom is -0.393 e. The molecule has 0 saturated heterocycles. The largest absolute Gasteiger partial charge is 0.393 e. The lowest BCUT2D eigenvalue weighted by molar-refractivity contribution is -0.207. The Balaban J connectivity index is 1.55. The second-order valence-corrected chi connectivity index (χ2v) is 13.5. The van der Waals surface area contributed by atoms with E-state index in [9.17, 15) is 23.7 Å². The summed E-state index contributed by atoms with van der Waals surface area (Å²) in [5.41, 5.74) is -0.193. The van der Waals surface area contributed by atoms with Crippen LogP contribution in [0.4, 0.5) is 0 Å². The molecule has 31 heavy (non-hydrogen) atoms. The Hall–Kier alpha value is -0.210. The van der Waals surface area contributed by atoms with Gasteiger partial charge in [-0.15, -0.1) is 0 Å². The van der Waals surface area contributed by atoms with Crippen LogP contribution in [0.15, 0.2) is 0 Å². The summed E-state index contributed by atoms with van der Waals surface area (Å²) in [6.45, 7) is 6.70. The van der Waals surface area contributed by atoms with Crippen molar-refractivity contribution in [2.24, 2.45) is 46.3 Å². The monoisotopic (exact) mass is 458 g/mol. The van der Waals surface area contributed by atoms with Gasteiger partial charge >= 0.3 is 0 Å². The van der Waals surface area contributed by atoms with Crippen LogP contribution in [0.25, 0.3) is 0 Å². The molecule has 0 amide bonds.